The summed E-state index contributed by atoms with van der Waals surface area (Å²) in [5, 5.41) is 25.0. The van der Waals surface area contributed by atoms with Crippen LogP contribution in [0.2, 0.25) is 5.02 Å². The van der Waals surface area contributed by atoms with Crippen molar-refractivity contribution < 1.29 is 15.0 Å². The fraction of sp³-hybridized carbons (Fsp3) is 0.111. The van der Waals surface area contributed by atoms with Crippen LogP contribution >= 0.6 is 22.9 Å². The minimum absolute atomic E-state index is 0.0608. The lowest BCUT2D eigenvalue weighted by Crippen LogP contribution is -2.28. The number of carbonyl (C=O) groups excluding carboxylic acids is 1. The maximum Gasteiger partial charge on any atom is 0.270 e. The fourth-order valence-corrected chi connectivity index (χ4v) is 3.23. The third-order valence-electron chi connectivity index (χ3n) is 3.54. The number of aliphatic hydroxyl groups is 1. The molecule has 2 aromatic carbocycles. The van der Waals surface area contributed by atoms with Crippen molar-refractivity contribution in [2.24, 2.45) is 0 Å². The van der Waals surface area contributed by atoms with Crippen LogP contribution in [0.4, 0.5) is 0 Å². The predicted molar refractivity (Wildman–Crippen MR) is 98.0 cm³/mol. The number of halogens is 1. The number of aromatic nitrogens is 1. The van der Waals surface area contributed by atoms with E-state index in [0.29, 0.717) is 15.6 Å². The summed E-state index contributed by atoms with van der Waals surface area (Å²) in [4.78, 5) is 16.5. The van der Waals surface area contributed by atoms with Crippen LogP contribution in [-0.2, 0) is 0 Å². The number of phenolic OH excluding ortho intramolecular Hbond substituents is 1. The zero-order valence-electron chi connectivity index (χ0n) is 13.0. The third-order valence-corrected chi connectivity index (χ3v) is 4.67. The molecule has 5 nitrogen and oxygen atoms in total. The number of carbonyl (C=O) groups is 1. The summed E-state index contributed by atoms with van der Waals surface area (Å²) in [7, 11) is 0. The van der Waals surface area contributed by atoms with E-state index in [0.717, 1.165) is 5.56 Å². The lowest BCUT2D eigenvalue weighted by atomic mass is 10.1. The molecule has 3 N–H and O–H groups in total. The highest BCUT2D eigenvalue weighted by Gasteiger charge is 2.14. The van der Waals surface area contributed by atoms with Gasteiger partial charge in [0.15, 0.2) is 0 Å². The van der Waals surface area contributed by atoms with Crippen LogP contribution in [0.5, 0.6) is 5.75 Å². The Balaban J connectivity index is 1.63. The van der Waals surface area contributed by atoms with Crippen molar-refractivity contribution in [3.8, 4) is 16.3 Å². The molecule has 3 rings (SSSR count). The SMILES string of the molecule is O=C(NC[C@@H](O)c1cccc(Cl)c1)c1csc(-c2ccc(O)cc2)n1. The van der Waals surface area contributed by atoms with Crippen molar-refractivity contribution in [2.45, 2.75) is 6.10 Å². The smallest absolute Gasteiger partial charge is 0.270 e. The highest BCUT2D eigenvalue weighted by atomic mass is 35.5. The van der Waals surface area contributed by atoms with Crippen molar-refractivity contribution in [1.82, 2.24) is 10.3 Å². The van der Waals surface area contributed by atoms with Crippen molar-refractivity contribution in [2.75, 3.05) is 6.54 Å². The molecule has 1 amide bonds. The summed E-state index contributed by atoms with van der Waals surface area (Å²) in [6.07, 6.45) is -0.849. The van der Waals surface area contributed by atoms with E-state index >= 15 is 0 Å². The molecule has 25 heavy (non-hydrogen) atoms. The van der Waals surface area contributed by atoms with Crippen LogP contribution in [0.15, 0.2) is 53.9 Å². The van der Waals surface area contributed by atoms with Gasteiger partial charge in [-0.2, -0.15) is 0 Å². The van der Waals surface area contributed by atoms with Gasteiger partial charge in [0.05, 0.1) is 6.10 Å². The van der Waals surface area contributed by atoms with Crippen molar-refractivity contribution in [3.05, 3.63) is 70.2 Å². The second kappa shape index (κ2) is 7.65. The number of hydrogen-bond donors (Lipinski definition) is 3. The van der Waals surface area contributed by atoms with E-state index in [9.17, 15) is 15.0 Å². The maximum absolute atomic E-state index is 12.2. The monoisotopic (exact) mass is 374 g/mol. The summed E-state index contributed by atoms with van der Waals surface area (Å²) >= 11 is 7.23. The first-order valence-corrected chi connectivity index (χ1v) is 8.75. The minimum atomic E-state index is -0.849. The number of thiazole rings is 1. The fourth-order valence-electron chi connectivity index (χ4n) is 2.23. The van der Waals surface area contributed by atoms with Gasteiger partial charge in [-0.1, -0.05) is 23.7 Å². The zero-order chi connectivity index (χ0) is 17.8. The molecule has 0 aliphatic carbocycles. The van der Waals surface area contributed by atoms with Crippen LogP contribution < -0.4 is 5.32 Å². The molecule has 0 unspecified atom stereocenters. The maximum atomic E-state index is 12.2. The molecule has 0 radical (unpaired) electrons. The first kappa shape index (κ1) is 17.4. The summed E-state index contributed by atoms with van der Waals surface area (Å²) in [6.45, 7) is 0.0608. The average molecular weight is 375 g/mol. The highest BCUT2D eigenvalue weighted by molar-refractivity contribution is 7.13. The third kappa shape index (κ3) is 4.36. The number of rotatable bonds is 5. The summed E-state index contributed by atoms with van der Waals surface area (Å²) in [6, 6.07) is 13.5. The number of aromatic hydroxyl groups is 1. The number of nitrogens with one attached hydrogen (secondary N) is 1. The quantitative estimate of drug-likeness (QED) is 0.636. The van der Waals surface area contributed by atoms with Gasteiger partial charge in [-0.3, -0.25) is 4.79 Å². The van der Waals surface area contributed by atoms with Crippen LogP contribution in [0.3, 0.4) is 0 Å². The van der Waals surface area contributed by atoms with E-state index in [1.54, 1.807) is 53.9 Å². The van der Waals surface area contributed by atoms with E-state index in [1.807, 2.05) is 0 Å². The predicted octanol–water partition coefficient (Wildman–Crippen LogP) is 3.63. The second-order valence-corrected chi connectivity index (χ2v) is 6.66. The summed E-state index contributed by atoms with van der Waals surface area (Å²) in [5.74, 6) is -0.185. The van der Waals surface area contributed by atoms with Gasteiger partial charge < -0.3 is 15.5 Å². The number of amides is 1. The molecule has 0 saturated heterocycles. The van der Waals surface area contributed by atoms with Gasteiger partial charge in [0.25, 0.3) is 5.91 Å². The van der Waals surface area contributed by atoms with E-state index in [4.69, 9.17) is 11.6 Å². The van der Waals surface area contributed by atoms with Gasteiger partial charge in [0.2, 0.25) is 0 Å². The van der Waals surface area contributed by atoms with Gasteiger partial charge in [-0.15, -0.1) is 11.3 Å². The van der Waals surface area contributed by atoms with Gasteiger partial charge in [-0.25, -0.2) is 4.98 Å². The molecule has 1 aromatic heterocycles. The molecule has 0 spiro atoms. The van der Waals surface area contributed by atoms with Crippen LogP contribution in [0, 0.1) is 0 Å². The number of benzene rings is 2. The van der Waals surface area contributed by atoms with E-state index in [1.165, 1.54) is 11.3 Å². The lowest BCUT2D eigenvalue weighted by Gasteiger charge is -2.11. The first-order valence-electron chi connectivity index (χ1n) is 7.49. The van der Waals surface area contributed by atoms with Gasteiger partial charge >= 0.3 is 0 Å². The Bertz CT molecular complexity index is 880. The molecule has 1 heterocycles. The van der Waals surface area contributed by atoms with Crippen LogP contribution in [-0.4, -0.2) is 27.6 Å². The summed E-state index contributed by atoms with van der Waals surface area (Å²) in [5.41, 5.74) is 1.74. The number of nitrogens with zero attached hydrogens (tertiary/aromatic N) is 1. The summed E-state index contributed by atoms with van der Waals surface area (Å²) < 4.78 is 0. The second-order valence-electron chi connectivity index (χ2n) is 5.37. The normalized spacial score (nSPS) is 11.9. The first-order chi connectivity index (χ1) is 12.0. The Morgan fingerprint density at radius 2 is 2.00 bits per heavy atom. The Hall–Kier alpha value is -2.41. The Kier molecular flexibility index (Phi) is 5.33. The molecule has 0 fully saturated rings. The molecule has 0 aliphatic rings. The molecular weight excluding hydrogens is 360 g/mol. The Labute approximate surface area is 153 Å². The van der Waals surface area contributed by atoms with Gasteiger partial charge in [0.1, 0.15) is 16.5 Å². The largest absolute Gasteiger partial charge is 0.508 e. The van der Waals surface area contributed by atoms with Crippen LogP contribution in [0.1, 0.15) is 22.2 Å². The zero-order valence-corrected chi connectivity index (χ0v) is 14.6. The van der Waals surface area contributed by atoms with Crippen molar-refractivity contribution in [3.63, 3.8) is 0 Å². The molecule has 1 atom stereocenters. The van der Waals surface area contributed by atoms with Crippen molar-refractivity contribution >= 4 is 28.8 Å². The van der Waals surface area contributed by atoms with Gasteiger partial charge in [0, 0.05) is 22.5 Å². The highest BCUT2D eigenvalue weighted by Crippen LogP contribution is 2.25. The van der Waals surface area contributed by atoms with E-state index < -0.39 is 6.10 Å². The number of aliphatic hydroxyl groups excluding tert-OH is 1. The van der Waals surface area contributed by atoms with E-state index in [2.05, 4.69) is 10.3 Å². The average Bonchev–Trinajstić information content (AvgIpc) is 3.10. The Morgan fingerprint density at radius 3 is 2.72 bits per heavy atom. The molecule has 0 saturated carbocycles. The standard InChI is InChI=1S/C18H15ClN2O3S/c19-13-3-1-2-12(8-13)16(23)9-20-17(24)15-10-25-18(21-15)11-4-6-14(22)7-5-11/h1-8,10,16,22-23H,9H2,(H,20,24)/t16-/m1/s1. The molecule has 7 heteroatoms. The molecule has 0 bridgehead atoms. The number of hydrogen-bond acceptors (Lipinski definition) is 5. The van der Waals surface area contributed by atoms with Crippen molar-refractivity contribution in [1.29, 1.82) is 0 Å². The number of phenols is 1. The lowest BCUT2D eigenvalue weighted by molar-refractivity contribution is 0.0912. The topological polar surface area (TPSA) is 82.5 Å². The molecular formula is C18H15ClN2O3S. The molecule has 0 aliphatic heterocycles. The van der Waals surface area contributed by atoms with Crippen LogP contribution in [0.25, 0.3) is 10.6 Å². The Morgan fingerprint density at radius 1 is 1.24 bits per heavy atom. The minimum Gasteiger partial charge on any atom is -0.508 e. The van der Waals surface area contributed by atoms with Gasteiger partial charge in [-0.05, 0) is 42.0 Å². The molecule has 128 valence electrons. The van der Waals surface area contributed by atoms with E-state index in [-0.39, 0.29) is 23.9 Å². The molecule has 3 aromatic rings.